The minimum atomic E-state index is -0.354. The fraction of sp³-hybridized carbons (Fsp3) is 0.292. The van der Waals surface area contributed by atoms with E-state index in [1.807, 2.05) is 39.0 Å². The van der Waals surface area contributed by atoms with Crippen molar-refractivity contribution in [3.63, 3.8) is 0 Å². The number of rotatable bonds is 7. The van der Waals surface area contributed by atoms with Gasteiger partial charge in [0.1, 0.15) is 11.6 Å². The Balaban J connectivity index is 1.67. The van der Waals surface area contributed by atoms with Crippen molar-refractivity contribution in [1.82, 2.24) is 14.7 Å². The van der Waals surface area contributed by atoms with Crippen LogP contribution in [0.2, 0.25) is 10.0 Å². The Morgan fingerprint density at radius 3 is 2.18 bits per heavy atom. The summed E-state index contributed by atoms with van der Waals surface area (Å²) in [6.07, 6.45) is 0. The van der Waals surface area contributed by atoms with Crippen LogP contribution in [0.15, 0.2) is 54.6 Å². The molecule has 0 radical (unpaired) electrons. The number of anilines is 1. The number of likely N-dealkylation sites (N-methyl/N-ethyl adjacent to an activating group) is 1. The normalized spacial score (nSPS) is 11.2. The lowest BCUT2D eigenvalue weighted by Crippen LogP contribution is -2.37. The molecule has 2 aromatic carbocycles. The molecular weight excluding hydrogens is 463 g/mol. The van der Waals surface area contributed by atoms with Crippen LogP contribution in [0.25, 0.3) is 5.69 Å². The summed E-state index contributed by atoms with van der Waals surface area (Å²) in [5.41, 5.74) is 1.35. The van der Waals surface area contributed by atoms with Crippen molar-refractivity contribution in [1.29, 1.82) is 0 Å². The number of carbonyl (C=O) groups is 2. The first kappa shape index (κ1) is 24.6. The molecule has 1 N–H and O–H groups in total. The number of hydrogen-bond acceptors (Lipinski definition) is 4. The maximum absolute atomic E-state index is 12.7. The quantitative estimate of drug-likeness (QED) is 0.510. The van der Waals surface area contributed by atoms with E-state index in [0.717, 1.165) is 11.4 Å². The van der Waals surface area contributed by atoms with Crippen LogP contribution in [-0.4, -0.2) is 46.7 Å². The number of nitrogens with one attached hydrogen (secondary N) is 1. The second kappa shape index (κ2) is 10.3. The Kier molecular flexibility index (Phi) is 7.66. The highest BCUT2D eigenvalue weighted by molar-refractivity contribution is 6.30. The van der Waals surface area contributed by atoms with E-state index < -0.39 is 0 Å². The van der Waals surface area contributed by atoms with Gasteiger partial charge in [0.25, 0.3) is 5.91 Å². The number of ether oxygens (including phenoxy) is 1. The second-order valence-electron chi connectivity index (χ2n) is 8.59. The number of amides is 2. The van der Waals surface area contributed by atoms with Gasteiger partial charge in [0.05, 0.1) is 17.9 Å². The molecule has 0 unspecified atom stereocenters. The maximum Gasteiger partial charge on any atom is 0.260 e. The van der Waals surface area contributed by atoms with Gasteiger partial charge in [-0.2, -0.15) is 5.10 Å². The molecule has 0 aliphatic carbocycles. The van der Waals surface area contributed by atoms with Gasteiger partial charge in [0.15, 0.2) is 6.61 Å². The van der Waals surface area contributed by atoms with E-state index in [9.17, 15) is 9.59 Å². The molecule has 0 atom stereocenters. The van der Waals surface area contributed by atoms with Crippen LogP contribution >= 0.6 is 23.2 Å². The summed E-state index contributed by atoms with van der Waals surface area (Å²) >= 11 is 11.9. The van der Waals surface area contributed by atoms with Gasteiger partial charge in [0, 0.05) is 28.6 Å². The Labute approximate surface area is 203 Å². The lowest BCUT2D eigenvalue weighted by atomic mass is 9.92. The fourth-order valence-electron chi connectivity index (χ4n) is 2.89. The van der Waals surface area contributed by atoms with Crippen molar-refractivity contribution >= 4 is 40.8 Å². The van der Waals surface area contributed by atoms with Crippen molar-refractivity contribution in [2.24, 2.45) is 0 Å². The smallest absolute Gasteiger partial charge is 0.260 e. The molecule has 2 amide bonds. The number of benzene rings is 2. The number of halogens is 2. The van der Waals surface area contributed by atoms with Crippen LogP contribution in [-0.2, 0) is 15.0 Å². The van der Waals surface area contributed by atoms with Gasteiger partial charge in [-0.15, -0.1) is 0 Å². The van der Waals surface area contributed by atoms with Crippen molar-refractivity contribution in [3.8, 4) is 11.4 Å². The summed E-state index contributed by atoms with van der Waals surface area (Å²) in [7, 11) is 1.55. The molecule has 0 aliphatic rings. The molecule has 7 nitrogen and oxygen atoms in total. The molecular formula is C24H26Cl2N4O3. The molecule has 9 heteroatoms. The average molecular weight is 489 g/mol. The van der Waals surface area contributed by atoms with Crippen LogP contribution in [0, 0.1) is 0 Å². The van der Waals surface area contributed by atoms with E-state index in [1.165, 1.54) is 4.90 Å². The van der Waals surface area contributed by atoms with Crippen molar-refractivity contribution in [3.05, 3.63) is 70.3 Å². The van der Waals surface area contributed by atoms with E-state index in [2.05, 4.69) is 10.4 Å². The molecule has 0 bridgehead atoms. The third kappa shape index (κ3) is 6.73. The highest BCUT2D eigenvalue weighted by Gasteiger charge is 2.22. The van der Waals surface area contributed by atoms with Crippen LogP contribution in [0.1, 0.15) is 26.5 Å². The molecule has 0 aliphatic heterocycles. The zero-order valence-corrected chi connectivity index (χ0v) is 20.4. The molecule has 0 saturated heterocycles. The fourth-order valence-corrected chi connectivity index (χ4v) is 3.14. The molecule has 0 spiro atoms. The van der Waals surface area contributed by atoms with Crippen LogP contribution < -0.4 is 10.1 Å². The van der Waals surface area contributed by atoms with Gasteiger partial charge in [-0.3, -0.25) is 9.59 Å². The standard InChI is InChI=1S/C24H26Cl2N4O3/c1-24(2,3)20-13-21(30(28-20)18-9-5-16(25)6-10-18)27-22(31)14-29(4)23(32)15-33-19-11-7-17(26)8-12-19/h5-13H,14-15H2,1-4H3,(H,27,31). The molecule has 174 valence electrons. The zero-order chi connectivity index (χ0) is 24.2. The van der Waals surface area contributed by atoms with Gasteiger partial charge in [0.2, 0.25) is 5.91 Å². The van der Waals surface area contributed by atoms with Gasteiger partial charge >= 0.3 is 0 Å². The third-order valence-electron chi connectivity index (χ3n) is 4.80. The van der Waals surface area contributed by atoms with Crippen LogP contribution in [0.3, 0.4) is 0 Å². The lowest BCUT2D eigenvalue weighted by Gasteiger charge is -2.17. The Morgan fingerprint density at radius 1 is 1.03 bits per heavy atom. The first-order valence-corrected chi connectivity index (χ1v) is 11.1. The largest absolute Gasteiger partial charge is 0.484 e. The monoisotopic (exact) mass is 488 g/mol. The van der Waals surface area contributed by atoms with Crippen LogP contribution in [0.5, 0.6) is 5.75 Å². The van der Waals surface area contributed by atoms with Crippen LogP contribution in [0.4, 0.5) is 5.82 Å². The summed E-state index contributed by atoms with van der Waals surface area (Å²) in [6, 6.07) is 15.7. The van der Waals surface area contributed by atoms with E-state index in [4.69, 9.17) is 27.9 Å². The summed E-state index contributed by atoms with van der Waals surface area (Å²) in [5, 5.41) is 8.71. The lowest BCUT2D eigenvalue weighted by molar-refractivity contribution is -0.135. The number of aromatic nitrogens is 2. The predicted octanol–water partition coefficient (Wildman–Crippen LogP) is 4.95. The highest BCUT2D eigenvalue weighted by Crippen LogP contribution is 2.27. The minimum Gasteiger partial charge on any atom is -0.484 e. The highest BCUT2D eigenvalue weighted by atomic mass is 35.5. The topological polar surface area (TPSA) is 76.5 Å². The summed E-state index contributed by atoms with van der Waals surface area (Å²) in [5.74, 6) is 0.340. The summed E-state index contributed by atoms with van der Waals surface area (Å²) in [6.45, 7) is 5.79. The van der Waals surface area contributed by atoms with E-state index in [-0.39, 0.29) is 30.4 Å². The predicted molar refractivity (Wildman–Crippen MR) is 130 cm³/mol. The Morgan fingerprint density at radius 2 is 1.61 bits per heavy atom. The SMILES string of the molecule is CN(CC(=O)Nc1cc(C(C)(C)C)nn1-c1ccc(Cl)cc1)C(=O)COc1ccc(Cl)cc1. The summed E-state index contributed by atoms with van der Waals surface area (Å²) < 4.78 is 7.12. The molecule has 3 rings (SSSR count). The first-order valence-electron chi connectivity index (χ1n) is 10.3. The molecule has 1 aromatic heterocycles. The molecule has 33 heavy (non-hydrogen) atoms. The molecule has 0 fully saturated rings. The molecule has 3 aromatic rings. The maximum atomic E-state index is 12.7. The van der Waals surface area contributed by atoms with Gasteiger partial charge < -0.3 is 15.0 Å². The van der Waals surface area contributed by atoms with Gasteiger partial charge in [-0.25, -0.2) is 4.68 Å². The first-order chi connectivity index (χ1) is 15.5. The van der Waals surface area contributed by atoms with Gasteiger partial charge in [-0.05, 0) is 48.5 Å². The van der Waals surface area contributed by atoms with E-state index in [0.29, 0.717) is 21.6 Å². The van der Waals surface area contributed by atoms with Gasteiger partial charge in [-0.1, -0.05) is 44.0 Å². The van der Waals surface area contributed by atoms with E-state index in [1.54, 1.807) is 48.1 Å². The molecule has 1 heterocycles. The third-order valence-corrected chi connectivity index (χ3v) is 5.30. The Hall–Kier alpha value is -3.03. The average Bonchev–Trinajstić information content (AvgIpc) is 3.17. The number of carbonyl (C=O) groups excluding carboxylic acids is 2. The summed E-state index contributed by atoms with van der Waals surface area (Å²) in [4.78, 5) is 26.4. The molecule has 0 saturated carbocycles. The number of nitrogens with zero attached hydrogens (tertiary/aromatic N) is 3. The van der Waals surface area contributed by atoms with Crippen molar-refractivity contribution in [2.45, 2.75) is 26.2 Å². The van der Waals surface area contributed by atoms with Crippen molar-refractivity contribution in [2.75, 3.05) is 25.5 Å². The van der Waals surface area contributed by atoms with Crippen molar-refractivity contribution < 1.29 is 14.3 Å². The second-order valence-corrected chi connectivity index (χ2v) is 9.47. The zero-order valence-electron chi connectivity index (χ0n) is 18.9. The minimum absolute atomic E-state index is 0.139. The van der Waals surface area contributed by atoms with E-state index >= 15 is 0 Å². The number of hydrogen-bond donors (Lipinski definition) is 1. The Bertz CT molecular complexity index is 1120.